The molecule has 0 heterocycles. The predicted molar refractivity (Wildman–Crippen MR) is 72.2 cm³/mol. The highest BCUT2D eigenvalue weighted by atomic mass is 35.5. The van der Waals surface area contributed by atoms with Crippen molar-refractivity contribution in [2.75, 3.05) is 0 Å². The number of benzene rings is 2. The van der Waals surface area contributed by atoms with Crippen molar-refractivity contribution in [3.8, 4) is 5.75 Å². The number of Topliss-reactive ketones (excluding diaryl/α,β-unsaturated/α-hetero) is 1. The van der Waals surface area contributed by atoms with Crippen LogP contribution in [0.3, 0.4) is 0 Å². The molecule has 0 amide bonds. The lowest BCUT2D eigenvalue weighted by Crippen LogP contribution is -2.00. The van der Waals surface area contributed by atoms with Crippen LogP contribution in [0, 0.1) is 0 Å². The van der Waals surface area contributed by atoms with Gasteiger partial charge in [0, 0.05) is 17.0 Å². The molecule has 2 aromatic carbocycles. The Morgan fingerprint density at radius 2 is 1.61 bits per heavy atom. The Balaban J connectivity index is 1.96. The number of aryl methyl sites for hydroxylation is 1. The van der Waals surface area contributed by atoms with Crippen LogP contribution in [0.25, 0.3) is 0 Å². The van der Waals surface area contributed by atoms with Crippen molar-refractivity contribution >= 4 is 17.4 Å². The van der Waals surface area contributed by atoms with Gasteiger partial charge in [0.1, 0.15) is 5.75 Å². The van der Waals surface area contributed by atoms with E-state index in [0.717, 1.165) is 5.56 Å². The number of phenolic OH excluding ortho intramolecular Hbond substituents is 1. The number of aromatic hydroxyl groups is 1. The van der Waals surface area contributed by atoms with Crippen molar-refractivity contribution in [2.45, 2.75) is 12.8 Å². The van der Waals surface area contributed by atoms with E-state index in [0.29, 0.717) is 23.4 Å². The third-order valence-electron chi connectivity index (χ3n) is 2.74. The minimum Gasteiger partial charge on any atom is -0.508 e. The van der Waals surface area contributed by atoms with Crippen molar-refractivity contribution in [3.05, 3.63) is 64.7 Å². The molecular weight excluding hydrogens is 248 g/mol. The first kappa shape index (κ1) is 12.7. The smallest absolute Gasteiger partial charge is 0.163 e. The van der Waals surface area contributed by atoms with Gasteiger partial charge in [-0.1, -0.05) is 23.7 Å². The van der Waals surface area contributed by atoms with E-state index < -0.39 is 0 Å². The van der Waals surface area contributed by atoms with Gasteiger partial charge in [-0.2, -0.15) is 0 Å². The Hall–Kier alpha value is -1.80. The number of halogens is 1. The second kappa shape index (κ2) is 5.69. The third-order valence-corrected chi connectivity index (χ3v) is 3.00. The molecule has 0 aliphatic carbocycles. The fraction of sp³-hybridized carbons (Fsp3) is 0.133. The van der Waals surface area contributed by atoms with E-state index in [1.54, 1.807) is 36.4 Å². The number of ketones is 1. The summed E-state index contributed by atoms with van der Waals surface area (Å²) in [7, 11) is 0. The first-order valence-corrected chi connectivity index (χ1v) is 6.09. The second-order valence-corrected chi connectivity index (χ2v) is 4.53. The number of carbonyl (C=O) groups is 1. The molecule has 0 unspecified atom stereocenters. The Labute approximate surface area is 111 Å². The van der Waals surface area contributed by atoms with Crippen molar-refractivity contribution in [2.24, 2.45) is 0 Å². The zero-order valence-electron chi connectivity index (χ0n) is 9.77. The predicted octanol–water partition coefficient (Wildman–Crippen LogP) is 3.86. The van der Waals surface area contributed by atoms with Crippen molar-refractivity contribution in [3.63, 3.8) is 0 Å². The minimum absolute atomic E-state index is 0.0970. The van der Waals surface area contributed by atoms with Gasteiger partial charge in [0.15, 0.2) is 5.78 Å². The van der Waals surface area contributed by atoms with Gasteiger partial charge in [-0.3, -0.25) is 4.79 Å². The molecular formula is C15H13ClO2. The van der Waals surface area contributed by atoms with E-state index in [2.05, 4.69) is 0 Å². The summed E-state index contributed by atoms with van der Waals surface area (Å²) < 4.78 is 0. The molecule has 0 bridgehead atoms. The number of carbonyl (C=O) groups excluding carboxylic acids is 1. The lowest BCUT2D eigenvalue weighted by molar-refractivity contribution is 0.0983. The van der Waals surface area contributed by atoms with Crippen LogP contribution >= 0.6 is 11.6 Å². The summed E-state index contributed by atoms with van der Waals surface area (Å²) in [5.41, 5.74) is 1.72. The van der Waals surface area contributed by atoms with Crippen LogP contribution in [-0.2, 0) is 6.42 Å². The van der Waals surface area contributed by atoms with Gasteiger partial charge in [-0.15, -0.1) is 0 Å². The average molecular weight is 261 g/mol. The Kier molecular flexibility index (Phi) is 4.00. The van der Waals surface area contributed by atoms with Crippen LogP contribution in [0.4, 0.5) is 0 Å². The summed E-state index contributed by atoms with van der Waals surface area (Å²) >= 11 is 5.77. The van der Waals surface area contributed by atoms with Crippen LogP contribution in [-0.4, -0.2) is 10.9 Å². The molecule has 0 atom stereocenters. The quantitative estimate of drug-likeness (QED) is 0.848. The topological polar surface area (TPSA) is 37.3 Å². The summed E-state index contributed by atoms with van der Waals surface area (Å²) in [5.74, 6) is 0.336. The highest BCUT2D eigenvalue weighted by molar-refractivity contribution is 6.30. The van der Waals surface area contributed by atoms with Gasteiger partial charge < -0.3 is 5.11 Å². The molecule has 2 aromatic rings. The molecule has 0 aliphatic rings. The van der Waals surface area contributed by atoms with E-state index in [1.807, 2.05) is 12.1 Å². The Morgan fingerprint density at radius 1 is 1.00 bits per heavy atom. The zero-order chi connectivity index (χ0) is 13.0. The molecule has 92 valence electrons. The molecule has 0 saturated carbocycles. The van der Waals surface area contributed by atoms with Gasteiger partial charge in [0.2, 0.25) is 0 Å². The summed E-state index contributed by atoms with van der Waals surface area (Å²) in [5, 5.41) is 9.79. The van der Waals surface area contributed by atoms with Gasteiger partial charge in [0.05, 0.1) is 0 Å². The summed E-state index contributed by atoms with van der Waals surface area (Å²) in [6, 6.07) is 13.8. The Morgan fingerprint density at radius 3 is 2.22 bits per heavy atom. The van der Waals surface area contributed by atoms with Gasteiger partial charge in [-0.25, -0.2) is 0 Å². The van der Waals surface area contributed by atoms with E-state index >= 15 is 0 Å². The summed E-state index contributed by atoms with van der Waals surface area (Å²) in [4.78, 5) is 11.9. The van der Waals surface area contributed by atoms with E-state index in [9.17, 15) is 4.79 Å². The monoisotopic (exact) mass is 260 g/mol. The maximum Gasteiger partial charge on any atom is 0.163 e. The number of rotatable bonds is 4. The largest absolute Gasteiger partial charge is 0.508 e. The molecule has 18 heavy (non-hydrogen) atoms. The number of phenols is 1. The molecule has 0 radical (unpaired) electrons. The molecule has 0 fully saturated rings. The fourth-order valence-electron chi connectivity index (χ4n) is 1.70. The van der Waals surface area contributed by atoms with Crippen molar-refractivity contribution in [1.29, 1.82) is 0 Å². The maximum atomic E-state index is 11.9. The summed E-state index contributed by atoms with van der Waals surface area (Å²) in [6.07, 6.45) is 1.12. The third kappa shape index (κ3) is 3.34. The minimum atomic E-state index is 0.0970. The van der Waals surface area contributed by atoms with Gasteiger partial charge in [0.25, 0.3) is 0 Å². The van der Waals surface area contributed by atoms with E-state index in [1.165, 1.54) is 0 Å². The molecule has 0 aromatic heterocycles. The first-order chi connectivity index (χ1) is 8.65. The highest BCUT2D eigenvalue weighted by Gasteiger charge is 2.06. The van der Waals surface area contributed by atoms with Crippen molar-refractivity contribution < 1.29 is 9.90 Å². The standard InChI is InChI=1S/C15H13ClO2/c16-13-6-4-12(5-7-13)15(18)10-3-11-1-8-14(17)9-2-11/h1-2,4-9,17H,3,10H2. The van der Waals surface area contributed by atoms with Crippen LogP contribution in [0.2, 0.25) is 5.02 Å². The van der Waals surface area contributed by atoms with Crippen LogP contribution < -0.4 is 0 Å². The molecule has 3 heteroatoms. The molecule has 0 spiro atoms. The van der Waals surface area contributed by atoms with E-state index in [4.69, 9.17) is 16.7 Å². The van der Waals surface area contributed by atoms with Crippen LogP contribution in [0.15, 0.2) is 48.5 Å². The zero-order valence-corrected chi connectivity index (χ0v) is 10.5. The first-order valence-electron chi connectivity index (χ1n) is 5.72. The van der Waals surface area contributed by atoms with E-state index in [-0.39, 0.29) is 11.5 Å². The molecule has 1 N–H and O–H groups in total. The SMILES string of the molecule is O=C(CCc1ccc(O)cc1)c1ccc(Cl)cc1. The van der Waals surface area contributed by atoms with Crippen molar-refractivity contribution in [1.82, 2.24) is 0 Å². The average Bonchev–Trinajstić information content (AvgIpc) is 2.38. The molecule has 2 nitrogen and oxygen atoms in total. The summed E-state index contributed by atoms with van der Waals surface area (Å²) in [6.45, 7) is 0. The molecule has 0 aliphatic heterocycles. The van der Waals surface area contributed by atoms with Crippen LogP contribution in [0.1, 0.15) is 22.3 Å². The van der Waals surface area contributed by atoms with Gasteiger partial charge >= 0.3 is 0 Å². The molecule has 2 rings (SSSR count). The molecule has 0 saturated heterocycles. The Bertz CT molecular complexity index is 529. The highest BCUT2D eigenvalue weighted by Crippen LogP contribution is 2.14. The number of hydrogen-bond donors (Lipinski definition) is 1. The van der Waals surface area contributed by atoms with Gasteiger partial charge in [-0.05, 0) is 48.4 Å². The maximum absolute atomic E-state index is 11.9. The fourth-order valence-corrected chi connectivity index (χ4v) is 1.83. The second-order valence-electron chi connectivity index (χ2n) is 4.10. The lowest BCUT2D eigenvalue weighted by atomic mass is 10.0. The normalized spacial score (nSPS) is 10.3. The number of hydrogen-bond acceptors (Lipinski definition) is 2. The lowest BCUT2D eigenvalue weighted by Gasteiger charge is -2.02. The van der Waals surface area contributed by atoms with Crippen LogP contribution in [0.5, 0.6) is 5.75 Å².